The molecule has 3 rings (SSSR count). The number of nitrogens with two attached hydrogens (primary N) is 1. The maximum Gasteiger partial charge on any atom is 0.163 e. The smallest absolute Gasteiger partial charge is 0.163 e. The molecule has 0 aliphatic rings. The summed E-state index contributed by atoms with van der Waals surface area (Å²) in [7, 11) is 0. The van der Waals surface area contributed by atoms with Gasteiger partial charge in [-0.05, 0) is 23.9 Å². The second-order valence-corrected chi connectivity index (χ2v) is 4.89. The number of fused-ring (bicyclic) bond motifs is 1. The highest BCUT2D eigenvalue weighted by Gasteiger charge is 2.10. The van der Waals surface area contributed by atoms with Gasteiger partial charge in [0.05, 0.1) is 5.39 Å². The van der Waals surface area contributed by atoms with E-state index in [1.54, 1.807) is 11.3 Å². The molecule has 0 aliphatic carbocycles. The molecule has 0 atom stereocenters. The van der Waals surface area contributed by atoms with Gasteiger partial charge in [-0.1, -0.05) is 24.3 Å². The third-order valence-electron chi connectivity index (χ3n) is 2.85. The number of nitrogens with one attached hydrogen (secondary N) is 1. The summed E-state index contributed by atoms with van der Waals surface area (Å²) in [5, 5.41) is 2.95. The number of hydrogen-bond donors (Lipinski definition) is 2. The molecule has 0 aliphatic heterocycles. The lowest BCUT2D eigenvalue weighted by Crippen LogP contribution is -2.09. The molecule has 3 aromatic rings. The first-order valence-corrected chi connectivity index (χ1v) is 6.45. The van der Waals surface area contributed by atoms with Crippen molar-refractivity contribution in [3.8, 4) is 11.4 Å². The van der Waals surface area contributed by atoms with E-state index in [-0.39, 0.29) is 0 Å². The second kappa shape index (κ2) is 4.36. The molecule has 2 heterocycles. The first kappa shape index (κ1) is 11.1. The fourth-order valence-electron chi connectivity index (χ4n) is 1.91. The second-order valence-electron chi connectivity index (χ2n) is 3.99. The molecule has 0 fully saturated rings. The van der Waals surface area contributed by atoms with Crippen LogP contribution in [0.3, 0.4) is 0 Å². The lowest BCUT2D eigenvalue weighted by molar-refractivity contribution is 1.19. The van der Waals surface area contributed by atoms with Gasteiger partial charge in [0.2, 0.25) is 0 Å². The van der Waals surface area contributed by atoms with E-state index >= 15 is 0 Å². The number of hydrazine groups is 1. The third kappa shape index (κ3) is 1.73. The fraction of sp³-hybridized carbons (Fsp3) is 0.0769. The summed E-state index contributed by atoms with van der Waals surface area (Å²) in [5.41, 5.74) is 4.82. The number of anilines is 1. The van der Waals surface area contributed by atoms with Crippen LogP contribution in [0.1, 0.15) is 5.56 Å². The van der Waals surface area contributed by atoms with Gasteiger partial charge >= 0.3 is 0 Å². The van der Waals surface area contributed by atoms with Crippen LogP contribution < -0.4 is 11.3 Å². The van der Waals surface area contributed by atoms with E-state index < -0.39 is 0 Å². The first-order chi connectivity index (χ1) is 8.79. The van der Waals surface area contributed by atoms with Gasteiger partial charge in [-0.25, -0.2) is 15.8 Å². The van der Waals surface area contributed by atoms with Crippen molar-refractivity contribution in [1.29, 1.82) is 0 Å². The summed E-state index contributed by atoms with van der Waals surface area (Å²) >= 11 is 1.58. The van der Waals surface area contributed by atoms with Crippen LogP contribution in [0.4, 0.5) is 5.82 Å². The van der Waals surface area contributed by atoms with Gasteiger partial charge in [0, 0.05) is 5.56 Å². The number of aryl methyl sites for hydroxylation is 1. The Morgan fingerprint density at radius 3 is 2.78 bits per heavy atom. The van der Waals surface area contributed by atoms with Gasteiger partial charge < -0.3 is 5.43 Å². The highest BCUT2D eigenvalue weighted by atomic mass is 32.1. The maximum atomic E-state index is 5.52. The van der Waals surface area contributed by atoms with Gasteiger partial charge in [0.1, 0.15) is 4.83 Å². The minimum absolute atomic E-state index is 0.666. The number of aromatic nitrogens is 2. The summed E-state index contributed by atoms with van der Waals surface area (Å²) < 4.78 is 0. The minimum Gasteiger partial charge on any atom is -0.308 e. The number of thiophene rings is 1. The highest BCUT2D eigenvalue weighted by Crippen LogP contribution is 2.28. The number of nitrogen functional groups attached to an aromatic ring is 1. The predicted molar refractivity (Wildman–Crippen MR) is 75.4 cm³/mol. The maximum absolute atomic E-state index is 5.52. The molecule has 3 N–H and O–H groups in total. The van der Waals surface area contributed by atoms with Crippen molar-refractivity contribution in [3.05, 3.63) is 41.3 Å². The van der Waals surface area contributed by atoms with Gasteiger partial charge in [0.25, 0.3) is 0 Å². The van der Waals surface area contributed by atoms with Crippen LogP contribution in [-0.2, 0) is 0 Å². The third-order valence-corrected chi connectivity index (χ3v) is 3.65. The Balaban J connectivity index is 2.27. The van der Waals surface area contributed by atoms with E-state index in [0.29, 0.717) is 11.6 Å². The average molecular weight is 256 g/mol. The van der Waals surface area contributed by atoms with E-state index in [9.17, 15) is 0 Å². The van der Waals surface area contributed by atoms with Gasteiger partial charge in [-0.3, -0.25) is 0 Å². The van der Waals surface area contributed by atoms with Crippen molar-refractivity contribution in [2.75, 3.05) is 5.43 Å². The van der Waals surface area contributed by atoms with Crippen molar-refractivity contribution in [1.82, 2.24) is 9.97 Å². The number of benzene rings is 1. The predicted octanol–water partition coefficient (Wildman–Crippen LogP) is 2.95. The lowest BCUT2D eigenvalue weighted by Gasteiger charge is -2.07. The van der Waals surface area contributed by atoms with Crippen molar-refractivity contribution < 1.29 is 0 Å². The van der Waals surface area contributed by atoms with Crippen LogP contribution in [0, 0.1) is 6.92 Å². The first-order valence-electron chi connectivity index (χ1n) is 5.57. The molecule has 5 heteroatoms. The van der Waals surface area contributed by atoms with Crippen molar-refractivity contribution >= 4 is 27.4 Å². The molecule has 0 unspecified atom stereocenters. The van der Waals surface area contributed by atoms with E-state index in [2.05, 4.69) is 15.4 Å². The Morgan fingerprint density at radius 1 is 1.17 bits per heavy atom. The van der Waals surface area contributed by atoms with E-state index in [0.717, 1.165) is 21.3 Å². The van der Waals surface area contributed by atoms with Crippen molar-refractivity contribution in [2.45, 2.75) is 6.92 Å². The molecule has 4 nitrogen and oxygen atoms in total. The molecular weight excluding hydrogens is 244 g/mol. The number of hydrogen-bond acceptors (Lipinski definition) is 5. The summed E-state index contributed by atoms with van der Waals surface area (Å²) in [4.78, 5) is 10.0. The van der Waals surface area contributed by atoms with E-state index in [1.165, 1.54) is 0 Å². The Morgan fingerprint density at radius 2 is 2.00 bits per heavy atom. The fourth-order valence-corrected chi connectivity index (χ4v) is 2.67. The zero-order valence-electron chi connectivity index (χ0n) is 9.84. The summed E-state index contributed by atoms with van der Waals surface area (Å²) in [5.74, 6) is 6.90. The molecule has 0 bridgehead atoms. The largest absolute Gasteiger partial charge is 0.308 e. The van der Waals surface area contributed by atoms with Crippen molar-refractivity contribution in [2.24, 2.45) is 5.84 Å². The molecule has 90 valence electrons. The van der Waals surface area contributed by atoms with Crippen LogP contribution in [-0.4, -0.2) is 9.97 Å². The van der Waals surface area contributed by atoms with Crippen LogP contribution in [0.15, 0.2) is 35.7 Å². The number of rotatable bonds is 2. The average Bonchev–Trinajstić information content (AvgIpc) is 2.86. The van der Waals surface area contributed by atoms with Gasteiger partial charge in [-0.2, -0.15) is 0 Å². The molecule has 1 aromatic carbocycles. The molecule has 2 aromatic heterocycles. The molecule has 18 heavy (non-hydrogen) atoms. The van der Waals surface area contributed by atoms with Crippen LogP contribution in [0.25, 0.3) is 21.6 Å². The SMILES string of the molecule is Cc1ccccc1-c1nc(NN)c2ccsc2n1. The molecule has 0 saturated heterocycles. The molecule has 0 saturated carbocycles. The highest BCUT2D eigenvalue weighted by molar-refractivity contribution is 7.16. The minimum atomic E-state index is 0.666. The van der Waals surface area contributed by atoms with Gasteiger partial charge in [0.15, 0.2) is 11.6 Å². The van der Waals surface area contributed by atoms with E-state index in [4.69, 9.17) is 5.84 Å². The Kier molecular flexibility index (Phi) is 2.70. The normalized spacial score (nSPS) is 10.8. The van der Waals surface area contributed by atoms with Crippen LogP contribution >= 0.6 is 11.3 Å². The molecular formula is C13H12N4S. The lowest BCUT2D eigenvalue weighted by atomic mass is 10.1. The quantitative estimate of drug-likeness (QED) is 0.546. The summed E-state index contributed by atoms with van der Waals surface area (Å²) in [6.07, 6.45) is 0. The Labute approximate surface area is 108 Å². The standard InChI is InChI=1S/C13H12N4S/c1-8-4-2-3-5-9(8)11-15-12(17-14)10-6-7-18-13(10)16-11/h2-7H,14H2,1H3,(H,15,16,17). The number of nitrogens with zero attached hydrogens (tertiary/aromatic N) is 2. The summed E-state index contributed by atoms with van der Waals surface area (Å²) in [6, 6.07) is 10.0. The zero-order valence-corrected chi connectivity index (χ0v) is 10.7. The van der Waals surface area contributed by atoms with Crippen LogP contribution in [0.2, 0.25) is 0 Å². The Hall–Kier alpha value is -1.98. The molecule has 0 radical (unpaired) electrons. The van der Waals surface area contributed by atoms with Crippen molar-refractivity contribution in [3.63, 3.8) is 0 Å². The molecule has 0 amide bonds. The molecule has 0 spiro atoms. The topological polar surface area (TPSA) is 63.8 Å². The van der Waals surface area contributed by atoms with Crippen LogP contribution in [0.5, 0.6) is 0 Å². The Bertz CT molecular complexity index is 705. The summed E-state index contributed by atoms with van der Waals surface area (Å²) in [6.45, 7) is 2.05. The van der Waals surface area contributed by atoms with Gasteiger partial charge in [-0.15, -0.1) is 11.3 Å². The monoisotopic (exact) mass is 256 g/mol. The van der Waals surface area contributed by atoms with E-state index in [1.807, 2.05) is 42.6 Å². The zero-order chi connectivity index (χ0) is 12.5.